The Morgan fingerprint density at radius 1 is 1.27 bits per heavy atom. The van der Waals surface area contributed by atoms with Crippen LogP contribution in [0, 0.1) is 11.8 Å². The molecule has 0 aromatic heterocycles. The molecular weight excluding hydrogens is 308 g/mol. The number of hydrogen-bond donors (Lipinski definition) is 2. The lowest BCUT2D eigenvalue weighted by Crippen LogP contribution is -2.52. The minimum absolute atomic E-state index is 0.0913. The summed E-state index contributed by atoms with van der Waals surface area (Å²) in [6.45, 7) is 4.03. The highest BCUT2D eigenvalue weighted by Gasteiger charge is 2.41. The molecule has 1 unspecified atom stereocenters. The molecule has 0 bridgehead atoms. The van der Waals surface area contributed by atoms with E-state index in [4.69, 9.17) is 5.11 Å². The van der Waals surface area contributed by atoms with Crippen molar-refractivity contribution in [3.05, 3.63) is 0 Å². The molecule has 1 aliphatic carbocycles. The van der Waals surface area contributed by atoms with Gasteiger partial charge in [0.2, 0.25) is 15.9 Å². The molecule has 7 nitrogen and oxygen atoms in total. The number of hydrogen-bond acceptors (Lipinski definition) is 4. The first kappa shape index (κ1) is 17.2. The summed E-state index contributed by atoms with van der Waals surface area (Å²) in [5, 5.41) is 11.9. The first-order chi connectivity index (χ1) is 10.2. The van der Waals surface area contributed by atoms with E-state index in [1.807, 2.05) is 13.8 Å². The van der Waals surface area contributed by atoms with Crippen LogP contribution in [0.3, 0.4) is 0 Å². The Morgan fingerprint density at radius 2 is 1.95 bits per heavy atom. The van der Waals surface area contributed by atoms with Crippen LogP contribution in [-0.2, 0) is 19.6 Å². The Morgan fingerprint density at radius 3 is 2.41 bits per heavy atom. The lowest BCUT2D eigenvalue weighted by Gasteiger charge is -2.29. The number of carbonyl (C=O) groups is 2. The first-order valence-corrected chi connectivity index (χ1v) is 9.36. The molecule has 1 saturated heterocycles. The molecule has 2 fully saturated rings. The predicted octanol–water partition coefficient (Wildman–Crippen LogP) is 0.416. The minimum Gasteiger partial charge on any atom is -0.481 e. The highest BCUT2D eigenvalue weighted by molar-refractivity contribution is 7.89. The minimum atomic E-state index is -3.36. The summed E-state index contributed by atoms with van der Waals surface area (Å²) in [6, 6.07) is -0.892. The van der Waals surface area contributed by atoms with Crippen molar-refractivity contribution in [1.82, 2.24) is 9.62 Å². The highest BCUT2D eigenvalue weighted by atomic mass is 32.2. The molecule has 126 valence electrons. The van der Waals surface area contributed by atoms with E-state index in [0.717, 1.165) is 0 Å². The van der Waals surface area contributed by atoms with Crippen molar-refractivity contribution in [2.24, 2.45) is 11.8 Å². The summed E-state index contributed by atoms with van der Waals surface area (Å²) in [6.07, 6.45) is 2.14. The lowest BCUT2D eigenvalue weighted by molar-refractivity contribution is -0.141. The summed E-state index contributed by atoms with van der Waals surface area (Å²) in [7, 11) is -3.36. The van der Waals surface area contributed by atoms with Crippen LogP contribution in [0.5, 0.6) is 0 Å². The Kier molecular flexibility index (Phi) is 5.11. The fourth-order valence-corrected chi connectivity index (χ4v) is 5.18. The van der Waals surface area contributed by atoms with Gasteiger partial charge in [-0.1, -0.05) is 13.8 Å². The van der Waals surface area contributed by atoms with E-state index >= 15 is 0 Å². The number of nitrogens with one attached hydrogen (secondary N) is 1. The average Bonchev–Trinajstić information content (AvgIpc) is 2.97. The number of sulfonamides is 1. The van der Waals surface area contributed by atoms with E-state index in [1.54, 1.807) is 0 Å². The van der Waals surface area contributed by atoms with Crippen LogP contribution in [0.4, 0.5) is 0 Å². The van der Waals surface area contributed by atoms with Crippen LogP contribution in [0.2, 0.25) is 0 Å². The summed E-state index contributed by atoms with van der Waals surface area (Å²) in [4.78, 5) is 23.5. The summed E-state index contributed by atoms with van der Waals surface area (Å²) < 4.78 is 25.4. The zero-order valence-electron chi connectivity index (χ0n) is 13.0. The number of nitrogens with zero attached hydrogens (tertiary/aromatic N) is 1. The smallest absolute Gasteiger partial charge is 0.306 e. The van der Waals surface area contributed by atoms with E-state index in [1.165, 1.54) is 4.31 Å². The summed E-state index contributed by atoms with van der Waals surface area (Å²) >= 11 is 0. The zero-order chi connectivity index (χ0) is 16.5. The molecule has 0 aromatic carbocycles. The van der Waals surface area contributed by atoms with Gasteiger partial charge in [-0.05, 0) is 31.6 Å². The molecule has 1 saturated carbocycles. The van der Waals surface area contributed by atoms with Crippen LogP contribution in [0.25, 0.3) is 0 Å². The van der Waals surface area contributed by atoms with Crippen LogP contribution in [0.1, 0.15) is 39.5 Å². The van der Waals surface area contributed by atoms with Gasteiger partial charge in [0, 0.05) is 12.6 Å². The molecule has 2 rings (SSSR count). The zero-order valence-corrected chi connectivity index (χ0v) is 13.8. The first-order valence-electron chi connectivity index (χ1n) is 7.75. The van der Waals surface area contributed by atoms with Crippen molar-refractivity contribution in [1.29, 1.82) is 0 Å². The van der Waals surface area contributed by atoms with E-state index < -0.39 is 28.0 Å². The molecule has 8 heteroatoms. The van der Waals surface area contributed by atoms with Gasteiger partial charge in [-0.25, -0.2) is 8.42 Å². The predicted molar refractivity (Wildman–Crippen MR) is 80.6 cm³/mol. The second-order valence-electron chi connectivity index (χ2n) is 6.52. The molecule has 2 aliphatic rings. The molecule has 0 radical (unpaired) electrons. The van der Waals surface area contributed by atoms with Crippen molar-refractivity contribution in [2.75, 3.05) is 12.3 Å². The van der Waals surface area contributed by atoms with Gasteiger partial charge >= 0.3 is 5.97 Å². The van der Waals surface area contributed by atoms with Gasteiger partial charge in [-0.15, -0.1) is 0 Å². The largest absolute Gasteiger partial charge is 0.481 e. The van der Waals surface area contributed by atoms with E-state index in [2.05, 4.69) is 5.32 Å². The number of aliphatic carboxylic acids is 1. The van der Waals surface area contributed by atoms with Crippen LogP contribution >= 0.6 is 0 Å². The van der Waals surface area contributed by atoms with E-state index in [0.29, 0.717) is 32.2 Å². The molecule has 0 spiro atoms. The number of carboxylic acid groups (broad SMARTS) is 1. The van der Waals surface area contributed by atoms with Crippen molar-refractivity contribution in [3.63, 3.8) is 0 Å². The molecule has 1 heterocycles. The van der Waals surface area contributed by atoms with Gasteiger partial charge < -0.3 is 10.4 Å². The second kappa shape index (κ2) is 6.54. The lowest BCUT2D eigenvalue weighted by atomic mass is 10.0. The number of carboxylic acids is 1. The third-order valence-corrected chi connectivity index (χ3v) is 6.41. The Hall–Kier alpha value is -1.15. The molecular formula is C14H24N2O5S. The van der Waals surface area contributed by atoms with E-state index in [-0.39, 0.29) is 23.6 Å². The van der Waals surface area contributed by atoms with Gasteiger partial charge in [0.15, 0.2) is 0 Å². The molecule has 1 aliphatic heterocycles. The Balaban J connectivity index is 2.04. The summed E-state index contributed by atoms with van der Waals surface area (Å²) in [5.74, 6) is -1.60. The maximum Gasteiger partial charge on any atom is 0.306 e. The third-order valence-electron chi connectivity index (χ3n) is 4.48. The van der Waals surface area contributed by atoms with Gasteiger partial charge in [0.05, 0.1) is 11.7 Å². The van der Waals surface area contributed by atoms with Gasteiger partial charge in [0.1, 0.15) is 6.04 Å². The van der Waals surface area contributed by atoms with Crippen molar-refractivity contribution < 1.29 is 23.1 Å². The fraction of sp³-hybridized carbons (Fsp3) is 0.857. The van der Waals surface area contributed by atoms with Gasteiger partial charge in [-0.2, -0.15) is 4.31 Å². The topological polar surface area (TPSA) is 104 Å². The fourth-order valence-electron chi connectivity index (χ4n) is 3.36. The molecule has 2 N–H and O–H groups in total. The molecule has 3 atom stereocenters. The van der Waals surface area contributed by atoms with Crippen molar-refractivity contribution >= 4 is 21.9 Å². The molecule has 1 amide bonds. The van der Waals surface area contributed by atoms with Crippen molar-refractivity contribution in [2.45, 2.75) is 51.6 Å². The van der Waals surface area contributed by atoms with Gasteiger partial charge in [-0.3, -0.25) is 9.59 Å². The maximum absolute atomic E-state index is 12.5. The monoisotopic (exact) mass is 332 g/mol. The SMILES string of the molecule is CC(C)C(C(=O)N[C@H]1CC[C@@H](C(=O)O)C1)N1CCCS1(=O)=O. The quantitative estimate of drug-likeness (QED) is 0.759. The standard InChI is InChI=1S/C14H24N2O5S/c1-9(2)12(16-6-3-7-22(16,20)21)13(17)15-11-5-4-10(8-11)14(18)19/h9-12H,3-8H2,1-2H3,(H,15,17)(H,18,19)/t10-,11+,12?/m1/s1. The average molecular weight is 332 g/mol. The second-order valence-corrected chi connectivity index (χ2v) is 8.56. The number of rotatable bonds is 5. The van der Waals surface area contributed by atoms with Crippen LogP contribution < -0.4 is 5.32 Å². The van der Waals surface area contributed by atoms with Crippen LogP contribution in [0.15, 0.2) is 0 Å². The summed E-state index contributed by atoms with van der Waals surface area (Å²) in [5.41, 5.74) is 0. The third kappa shape index (κ3) is 3.60. The Bertz CT molecular complexity index is 545. The van der Waals surface area contributed by atoms with E-state index in [9.17, 15) is 18.0 Å². The molecule has 22 heavy (non-hydrogen) atoms. The number of amides is 1. The maximum atomic E-state index is 12.5. The molecule has 0 aromatic rings. The van der Waals surface area contributed by atoms with Crippen LogP contribution in [-0.4, -0.2) is 54.1 Å². The normalized spacial score (nSPS) is 29.6. The number of carbonyl (C=O) groups excluding carboxylic acids is 1. The Labute approximate surface area is 131 Å². The van der Waals surface area contributed by atoms with Crippen molar-refractivity contribution in [3.8, 4) is 0 Å². The highest BCUT2D eigenvalue weighted by Crippen LogP contribution is 2.27. The van der Waals surface area contributed by atoms with Gasteiger partial charge in [0.25, 0.3) is 0 Å².